The molecule has 0 unspecified atom stereocenters. The second kappa shape index (κ2) is 10.3. The van der Waals surface area contributed by atoms with E-state index in [1.807, 2.05) is 42.6 Å². The van der Waals surface area contributed by atoms with E-state index in [2.05, 4.69) is 44.9 Å². The van der Waals surface area contributed by atoms with Crippen molar-refractivity contribution in [1.29, 1.82) is 0 Å². The second-order valence-electron chi connectivity index (χ2n) is 4.30. The third-order valence-corrected chi connectivity index (χ3v) is 2.79. The van der Waals surface area contributed by atoms with E-state index in [4.69, 9.17) is 0 Å². The number of hydrogen-bond acceptors (Lipinski definition) is 3. The fraction of sp³-hybridized carbons (Fsp3) is 0.167. The van der Waals surface area contributed by atoms with Gasteiger partial charge in [-0.2, -0.15) is 5.10 Å². The van der Waals surface area contributed by atoms with Crippen molar-refractivity contribution in [3.63, 3.8) is 0 Å². The molecule has 116 valence electrons. The Morgan fingerprint density at radius 3 is 1.77 bits per heavy atom. The maximum atomic E-state index is 4.50. The van der Waals surface area contributed by atoms with Crippen LogP contribution in [0.4, 0.5) is 0 Å². The summed E-state index contributed by atoms with van der Waals surface area (Å²) >= 11 is 0. The Hall–Kier alpha value is -2.43. The van der Waals surface area contributed by atoms with Crippen molar-refractivity contribution in [2.24, 2.45) is 5.73 Å². The highest BCUT2D eigenvalue weighted by atomic mass is 16.4. The Balaban J connectivity index is 0.000000435. The van der Waals surface area contributed by atoms with Crippen LogP contribution in [-0.4, -0.2) is 31.5 Å². The molecule has 2 aromatic carbocycles. The standard InChI is InChI=1S/C15H12N2.C2H6O.CH5N/c1-3-7-12(8-4-1)14-11-16-17-15(14)13-9-5-2-6-10-13;1-3-2;1-2/h1-11H,(H,16,17);1-2H3;2H2,1H3. The lowest BCUT2D eigenvalue weighted by Gasteiger charge is -2.02. The van der Waals surface area contributed by atoms with Gasteiger partial charge in [0.05, 0.1) is 11.9 Å². The Bertz CT molecular complexity index is 567. The molecule has 0 amide bonds. The van der Waals surface area contributed by atoms with Gasteiger partial charge in [0.2, 0.25) is 0 Å². The van der Waals surface area contributed by atoms with Gasteiger partial charge < -0.3 is 10.5 Å². The summed E-state index contributed by atoms with van der Waals surface area (Å²) in [5.41, 5.74) is 9.04. The maximum Gasteiger partial charge on any atom is 0.0728 e. The molecule has 0 bridgehead atoms. The smallest absolute Gasteiger partial charge is 0.0728 e. The Kier molecular flexibility index (Phi) is 8.27. The highest BCUT2D eigenvalue weighted by molar-refractivity contribution is 5.80. The van der Waals surface area contributed by atoms with Crippen LogP contribution in [0.1, 0.15) is 0 Å². The summed E-state index contributed by atoms with van der Waals surface area (Å²) in [7, 11) is 4.75. The van der Waals surface area contributed by atoms with Crippen LogP contribution in [0.5, 0.6) is 0 Å². The van der Waals surface area contributed by atoms with E-state index in [9.17, 15) is 0 Å². The molecule has 0 spiro atoms. The molecular formula is C18H23N3O. The van der Waals surface area contributed by atoms with E-state index in [-0.39, 0.29) is 0 Å². The number of hydrogen-bond donors (Lipinski definition) is 2. The SMILES string of the molecule is CN.COC.c1ccc(-c2cn[nH]c2-c2ccccc2)cc1. The predicted molar refractivity (Wildman–Crippen MR) is 92.5 cm³/mol. The van der Waals surface area contributed by atoms with Crippen molar-refractivity contribution in [2.75, 3.05) is 21.3 Å². The largest absolute Gasteiger partial charge is 0.388 e. The second-order valence-corrected chi connectivity index (χ2v) is 4.30. The van der Waals surface area contributed by atoms with Crippen LogP contribution >= 0.6 is 0 Å². The number of ether oxygens (including phenoxy) is 1. The lowest BCUT2D eigenvalue weighted by atomic mass is 10.0. The molecular weight excluding hydrogens is 274 g/mol. The van der Waals surface area contributed by atoms with Crippen molar-refractivity contribution in [3.05, 3.63) is 66.9 Å². The number of H-pyrrole nitrogens is 1. The number of nitrogens with one attached hydrogen (secondary N) is 1. The minimum absolute atomic E-state index is 1.07. The molecule has 0 aliphatic carbocycles. The summed E-state index contributed by atoms with van der Waals surface area (Å²) in [6.07, 6.45) is 1.87. The normalized spacial score (nSPS) is 9.09. The van der Waals surface area contributed by atoms with Gasteiger partial charge in [0.1, 0.15) is 0 Å². The van der Waals surface area contributed by atoms with Gasteiger partial charge in [0, 0.05) is 25.3 Å². The maximum absolute atomic E-state index is 4.50. The summed E-state index contributed by atoms with van der Waals surface area (Å²) in [5.74, 6) is 0. The van der Waals surface area contributed by atoms with E-state index in [0.29, 0.717) is 0 Å². The van der Waals surface area contributed by atoms with Crippen molar-refractivity contribution in [1.82, 2.24) is 10.2 Å². The molecule has 0 saturated carbocycles. The fourth-order valence-electron chi connectivity index (χ4n) is 1.95. The van der Waals surface area contributed by atoms with Gasteiger partial charge in [0.15, 0.2) is 0 Å². The number of aromatic nitrogens is 2. The average molecular weight is 297 g/mol. The van der Waals surface area contributed by atoms with Crippen molar-refractivity contribution in [3.8, 4) is 22.4 Å². The van der Waals surface area contributed by atoms with Gasteiger partial charge >= 0.3 is 0 Å². The van der Waals surface area contributed by atoms with Crippen LogP contribution in [0.3, 0.4) is 0 Å². The molecule has 3 rings (SSSR count). The number of methoxy groups -OCH3 is 1. The van der Waals surface area contributed by atoms with Gasteiger partial charge in [-0.1, -0.05) is 60.7 Å². The zero-order valence-electron chi connectivity index (χ0n) is 13.3. The molecule has 4 heteroatoms. The molecule has 0 aliphatic heterocycles. The number of nitrogens with two attached hydrogens (primary N) is 1. The van der Waals surface area contributed by atoms with Gasteiger partial charge in [-0.05, 0) is 12.6 Å². The lowest BCUT2D eigenvalue weighted by Crippen LogP contribution is -1.81. The number of aromatic amines is 1. The minimum atomic E-state index is 1.07. The van der Waals surface area contributed by atoms with Crippen LogP contribution in [0.25, 0.3) is 22.4 Å². The first-order valence-electron chi connectivity index (χ1n) is 6.99. The molecule has 4 nitrogen and oxygen atoms in total. The Morgan fingerprint density at radius 2 is 1.27 bits per heavy atom. The minimum Gasteiger partial charge on any atom is -0.388 e. The van der Waals surface area contributed by atoms with Crippen LogP contribution in [0, 0.1) is 0 Å². The zero-order valence-corrected chi connectivity index (χ0v) is 13.3. The summed E-state index contributed by atoms with van der Waals surface area (Å²) in [4.78, 5) is 0. The molecule has 0 radical (unpaired) electrons. The van der Waals surface area contributed by atoms with Crippen LogP contribution in [0.15, 0.2) is 66.9 Å². The van der Waals surface area contributed by atoms with Gasteiger partial charge in [-0.15, -0.1) is 0 Å². The molecule has 0 saturated heterocycles. The first kappa shape index (κ1) is 17.6. The summed E-state index contributed by atoms with van der Waals surface area (Å²) in [6.45, 7) is 0. The predicted octanol–water partition coefficient (Wildman–Crippen LogP) is 3.58. The summed E-state index contributed by atoms with van der Waals surface area (Å²) in [6, 6.07) is 20.5. The van der Waals surface area contributed by atoms with Crippen molar-refractivity contribution >= 4 is 0 Å². The fourth-order valence-corrected chi connectivity index (χ4v) is 1.95. The summed E-state index contributed by atoms with van der Waals surface area (Å²) in [5, 5.41) is 7.22. The van der Waals surface area contributed by atoms with Gasteiger partial charge in [-0.3, -0.25) is 5.10 Å². The van der Waals surface area contributed by atoms with Gasteiger partial charge in [-0.25, -0.2) is 0 Å². The summed E-state index contributed by atoms with van der Waals surface area (Å²) < 4.78 is 4.25. The number of nitrogens with zero attached hydrogens (tertiary/aromatic N) is 1. The van der Waals surface area contributed by atoms with Gasteiger partial charge in [0.25, 0.3) is 0 Å². The van der Waals surface area contributed by atoms with Crippen molar-refractivity contribution in [2.45, 2.75) is 0 Å². The number of benzene rings is 2. The quantitative estimate of drug-likeness (QED) is 0.760. The molecule has 22 heavy (non-hydrogen) atoms. The molecule has 1 heterocycles. The number of rotatable bonds is 2. The molecule has 3 N–H and O–H groups in total. The molecule has 0 aliphatic rings. The van der Waals surface area contributed by atoms with Crippen LogP contribution in [0.2, 0.25) is 0 Å². The van der Waals surface area contributed by atoms with E-state index in [1.165, 1.54) is 12.6 Å². The highest BCUT2D eigenvalue weighted by Crippen LogP contribution is 2.29. The first-order valence-corrected chi connectivity index (χ1v) is 6.99. The first-order chi connectivity index (χ1) is 10.9. The molecule has 0 atom stereocenters. The topological polar surface area (TPSA) is 63.9 Å². The van der Waals surface area contributed by atoms with Crippen molar-refractivity contribution < 1.29 is 4.74 Å². The van der Waals surface area contributed by atoms with E-state index < -0.39 is 0 Å². The Labute approximate surface area is 132 Å². The zero-order chi connectivity index (χ0) is 16.2. The highest BCUT2D eigenvalue weighted by Gasteiger charge is 2.08. The third-order valence-electron chi connectivity index (χ3n) is 2.79. The third kappa shape index (κ3) is 4.84. The molecule has 1 aromatic heterocycles. The van der Waals surface area contributed by atoms with Crippen LogP contribution in [-0.2, 0) is 4.74 Å². The molecule has 0 fully saturated rings. The monoisotopic (exact) mass is 297 g/mol. The average Bonchev–Trinajstić information content (AvgIpc) is 3.09. The van der Waals surface area contributed by atoms with E-state index in [1.54, 1.807) is 14.2 Å². The molecule has 3 aromatic rings. The Morgan fingerprint density at radius 1 is 0.818 bits per heavy atom. The van der Waals surface area contributed by atoms with E-state index in [0.717, 1.165) is 16.8 Å². The van der Waals surface area contributed by atoms with E-state index >= 15 is 0 Å². The lowest BCUT2D eigenvalue weighted by molar-refractivity contribution is 0.277. The van der Waals surface area contributed by atoms with Crippen LogP contribution < -0.4 is 5.73 Å².